The molecule has 2 unspecified atom stereocenters. The topological polar surface area (TPSA) is 0 Å². The monoisotopic (exact) mass is 366 g/mol. The van der Waals surface area contributed by atoms with E-state index < -0.39 is 0 Å². The summed E-state index contributed by atoms with van der Waals surface area (Å²) >= 11 is 11.4. The van der Waals surface area contributed by atoms with E-state index >= 15 is 0 Å². The molecule has 1 aliphatic heterocycles. The van der Waals surface area contributed by atoms with Crippen LogP contribution in [0.3, 0.4) is 0 Å². The van der Waals surface area contributed by atoms with Crippen LogP contribution in [0.2, 0.25) is 12.1 Å². The standard InChI is InChI=1S/C3H9Br3Si3/c4-3-1-8(5)7-9(6)2-3/h3,8-9H,1-2,7H2. The zero-order chi connectivity index (χ0) is 6.85. The fourth-order valence-electron chi connectivity index (χ4n) is 1.12. The Morgan fingerprint density at radius 2 is 1.67 bits per heavy atom. The highest BCUT2D eigenvalue weighted by molar-refractivity contribution is 9.29. The SMILES string of the molecule is BrC1C[SiH](Br)[SiH2][SiH](Br)C1. The molecule has 0 aliphatic carbocycles. The summed E-state index contributed by atoms with van der Waals surface area (Å²) in [5, 5.41) is 0. The number of alkyl halides is 1. The van der Waals surface area contributed by atoms with Crippen molar-refractivity contribution in [1.82, 2.24) is 0 Å². The molecule has 0 nitrogen and oxygen atoms in total. The third-order valence-corrected chi connectivity index (χ3v) is 43.6. The molecule has 1 heterocycles. The van der Waals surface area contributed by atoms with E-state index in [1.807, 2.05) is 0 Å². The van der Waals surface area contributed by atoms with Gasteiger partial charge in [0.05, 0.1) is 13.9 Å². The van der Waals surface area contributed by atoms with E-state index in [9.17, 15) is 0 Å². The highest BCUT2D eigenvalue weighted by atomic mass is 79.9. The predicted molar refractivity (Wildman–Crippen MR) is 63.0 cm³/mol. The number of hydrogen-bond donors (Lipinski definition) is 0. The average Bonchev–Trinajstić information content (AvgIpc) is 1.59. The highest BCUT2D eigenvalue weighted by Gasteiger charge is 2.26. The minimum absolute atomic E-state index is 0.291. The second kappa shape index (κ2) is 4.20. The van der Waals surface area contributed by atoms with E-state index in [2.05, 4.69) is 46.5 Å². The lowest BCUT2D eigenvalue weighted by Crippen LogP contribution is -2.37. The van der Waals surface area contributed by atoms with Gasteiger partial charge in [0.25, 0.3) is 0 Å². The molecule has 1 rings (SSSR count). The van der Waals surface area contributed by atoms with Crippen molar-refractivity contribution in [3.8, 4) is 0 Å². The van der Waals surface area contributed by atoms with Gasteiger partial charge in [-0.15, -0.1) is 30.6 Å². The largest absolute Gasteiger partial charge is 0.135 e. The summed E-state index contributed by atoms with van der Waals surface area (Å²) in [7, 11) is 0.407. The summed E-state index contributed by atoms with van der Waals surface area (Å²) < 4.78 is 0. The Kier molecular flexibility index (Phi) is 4.28. The number of halogens is 3. The summed E-state index contributed by atoms with van der Waals surface area (Å²) in [6.45, 7) is -0.582. The quantitative estimate of drug-likeness (QED) is 0.342. The Hall–Kier alpha value is 2.09. The molecule has 54 valence electrons. The minimum Gasteiger partial charge on any atom is -0.135 e. The van der Waals surface area contributed by atoms with Gasteiger partial charge in [-0.1, -0.05) is 15.9 Å². The fourth-order valence-corrected chi connectivity index (χ4v) is 66.9. The average molecular weight is 369 g/mol. The van der Waals surface area contributed by atoms with Gasteiger partial charge in [-0.25, -0.2) is 0 Å². The Morgan fingerprint density at radius 3 is 2.00 bits per heavy atom. The summed E-state index contributed by atoms with van der Waals surface area (Å²) in [4.78, 5) is 0.867. The van der Waals surface area contributed by atoms with Gasteiger partial charge in [-0.2, -0.15) is 0 Å². The molecule has 0 aromatic heterocycles. The molecular weight excluding hydrogens is 360 g/mol. The number of hydrogen-bond acceptors (Lipinski definition) is 0. The van der Waals surface area contributed by atoms with Gasteiger partial charge in [0.1, 0.15) is 0 Å². The molecule has 0 amide bonds. The zero-order valence-electron chi connectivity index (χ0n) is 4.99. The van der Waals surface area contributed by atoms with E-state index in [0.29, 0.717) is 8.55 Å². The lowest BCUT2D eigenvalue weighted by Gasteiger charge is -2.22. The lowest BCUT2D eigenvalue weighted by atomic mass is 10.6. The smallest absolute Gasteiger partial charge is 0.0989 e. The van der Waals surface area contributed by atoms with Gasteiger partial charge in [0, 0.05) is 13.4 Å². The van der Waals surface area contributed by atoms with E-state index in [1.165, 1.54) is 12.1 Å². The first-order chi connectivity index (χ1) is 4.18. The van der Waals surface area contributed by atoms with Crippen molar-refractivity contribution in [3.05, 3.63) is 0 Å². The van der Waals surface area contributed by atoms with E-state index in [-0.39, 0.29) is 13.9 Å². The number of rotatable bonds is 0. The maximum absolute atomic E-state index is 3.84. The molecule has 6 heteroatoms. The van der Waals surface area contributed by atoms with Crippen molar-refractivity contribution in [2.75, 3.05) is 0 Å². The summed E-state index contributed by atoms with van der Waals surface area (Å²) in [6, 6.07) is 3.00. The second-order valence-electron chi connectivity index (χ2n) is 2.50. The van der Waals surface area contributed by atoms with Gasteiger partial charge in [-0.3, -0.25) is 0 Å². The van der Waals surface area contributed by atoms with Crippen LogP contribution >= 0.6 is 46.5 Å². The molecule has 0 aromatic rings. The van der Waals surface area contributed by atoms with Crippen molar-refractivity contribution >= 4 is 68.9 Å². The zero-order valence-corrected chi connectivity index (χ0v) is 13.5. The lowest BCUT2D eigenvalue weighted by molar-refractivity contribution is 1.11. The van der Waals surface area contributed by atoms with Crippen molar-refractivity contribution in [1.29, 1.82) is 0 Å². The molecule has 0 aromatic carbocycles. The van der Waals surface area contributed by atoms with Crippen LogP contribution < -0.4 is 0 Å². The van der Waals surface area contributed by atoms with Crippen LogP contribution in [-0.4, -0.2) is 27.2 Å². The van der Waals surface area contributed by atoms with Crippen molar-refractivity contribution < 1.29 is 0 Å². The van der Waals surface area contributed by atoms with E-state index in [0.717, 1.165) is 4.83 Å². The third kappa shape index (κ3) is 3.33. The van der Waals surface area contributed by atoms with Gasteiger partial charge >= 0.3 is 0 Å². The molecule has 9 heavy (non-hydrogen) atoms. The van der Waals surface area contributed by atoms with Crippen LogP contribution in [0.15, 0.2) is 0 Å². The molecule has 0 bridgehead atoms. The molecule has 0 radical (unpaired) electrons. The molecular formula is C3H9Br3Si3. The normalized spacial score (nSPS) is 47.7. The van der Waals surface area contributed by atoms with Crippen molar-refractivity contribution in [2.24, 2.45) is 0 Å². The Bertz CT molecular complexity index is 75.3. The van der Waals surface area contributed by atoms with Crippen LogP contribution in [0.25, 0.3) is 0 Å². The van der Waals surface area contributed by atoms with Crippen LogP contribution in [-0.2, 0) is 0 Å². The first-order valence-corrected chi connectivity index (χ1v) is 18.6. The highest BCUT2D eigenvalue weighted by Crippen LogP contribution is 2.25. The van der Waals surface area contributed by atoms with Gasteiger partial charge < -0.3 is 0 Å². The summed E-state index contributed by atoms with van der Waals surface area (Å²) in [6.07, 6.45) is 0. The van der Waals surface area contributed by atoms with E-state index in [1.54, 1.807) is 0 Å². The summed E-state index contributed by atoms with van der Waals surface area (Å²) in [5.41, 5.74) is 0. The molecule has 2 atom stereocenters. The third-order valence-electron chi connectivity index (χ3n) is 1.53. The molecule has 1 saturated heterocycles. The van der Waals surface area contributed by atoms with Crippen molar-refractivity contribution in [3.63, 3.8) is 0 Å². The maximum atomic E-state index is 3.84. The van der Waals surface area contributed by atoms with Crippen LogP contribution in [0.4, 0.5) is 0 Å². The van der Waals surface area contributed by atoms with Gasteiger partial charge in [-0.05, 0) is 12.1 Å². The second-order valence-corrected chi connectivity index (χ2v) is 34.1. The van der Waals surface area contributed by atoms with E-state index in [4.69, 9.17) is 0 Å². The molecule has 0 N–H and O–H groups in total. The van der Waals surface area contributed by atoms with Gasteiger partial charge in [0.2, 0.25) is 0 Å². The van der Waals surface area contributed by atoms with Crippen LogP contribution in [0.1, 0.15) is 0 Å². The minimum atomic E-state index is -0.291. The molecule has 0 spiro atoms. The summed E-state index contributed by atoms with van der Waals surface area (Å²) in [5.74, 6) is 0. The first kappa shape index (κ1) is 9.18. The Balaban J connectivity index is 2.34. The Labute approximate surface area is 85.1 Å². The van der Waals surface area contributed by atoms with Gasteiger partial charge in [0.15, 0.2) is 0 Å². The predicted octanol–water partition coefficient (Wildman–Crippen LogP) is 1.16. The maximum Gasteiger partial charge on any atom is 0.0989 e. The van der Waals surface area contributed by atoms with Crippen LogP contribution in [0.5, 0.6) is 0 Å². The molecule has 0 saturated carbocycles. The van der Waals surface area contributed by atoms with Crippen LogP contribution in [0, 0.1) is 0 Å². The Morgan fingerprint density at radius 1 is 1.22 bits per heavy atom. The molecule has 1 fully saturated rings. The molecule has 1 aliphatic rings. The van der Waals surface area contributed by atoms with Crippen molar-refractivity contribution in [2.45, 2.75) is 16.9 Å². The first-order valence-electron chi connectivity index (χ1n) is 3.10. The fraction of sp³-hybridized carbons (Fsp3) is 1.00.